The van der Waals surface area contributed by atoms with Crippen LogP contribution < -0.4 is 5.32 Å². The molecule has 1 N–H and O–H groups in total. The molecule has 1 saturated heterocycles. The van der Waals surface area contributed by atoms with Gasteiger partial charge in [-0.25, -0.2) is 0 Å². The van der Waals surface area contributed by atoms with E-state index in [1.54, 1.807) is 7.11 Å². The second-order valence-corrected chi connectivity index (χ2v) is 5.74. The van der Waals surface area contributed by atoms with Crippen LogP contribution in [0, 0.1) is 0 Å². The van der Waals surface area contributed by atoms with Crippen molar-refractivity contribution in [2.45, 2.75) is 50.5 Å². The van der Waals surface area contributed by atoms with Gasteiger partial charge in [0.2, 0.25) is 0 Å². The minimum Gasteiger partial charge on any atom is -0.385 e. The first kappa shape index (κ1) is 13.3. The smallest absolute Gasteiger partial charge is 0.0462 e. The molecule has 3 heteroatoms. The fourth-order valence-corrected chi connectivity index (χ4v) is 3.38. The van der Waals surface area contributed by atoms with Crippen LogP contribution in [0.4, 0.5) is 0 Å². The summed E-state index contributed by atoms with van der Waals surface area (Å²) in [6.45, 7) is 5.94. The zero-order valence-electron chi connectivity index (χ0n) is 11.3. The van der Waals surface area contributed by atoms with Gasteiger partial charge in [0.05, 0.1) is 0 Å². The molecule has 1 heterocycles. The predicted molar refractivity (Wildman–Crippen MR) is 71.4 cm³/mol. The normalized spacial score (nSPS) is 25.2. The lowest BCUT2D eigenvalue weighted by molar-refractivity contribution is 0.174. The first-order valence-electron chi connectivity index (χ1n) is 7.31. The number of methoxy groups -OCH3 is 1. The Bertz CT molecular complexity index is 214. The predicted octanol–water partition coefficient (Wildman–Crippen LogP) is 2.02. The summed E-state index contributed by atoms with van der Waals surface area (Å²) in [7, 11) is 1.80. The van der Waals surface area contributed by atoms with Crippen molar-refractivity contribution in [3.8, 4) is 0 Å². The minimum atomic E-state index is 0.470. The quantitative estimate of drug-likeness (QED) is 0.744. The molecule has 1 aliphatic heterocycles. The molecule has 1 aliphatic carbocycles. The third kappa shape index (κ3) is 3.94. The number of rotatable bonds is 5. The summed E-state index contributed by atoms with van der Waals surface area (Å²) in [4.78, 5) is 2.68. The lowest BCUT2D eigenvalue weighted by atomic mass is 9.97. The molecule has 0 unspecified atom stereocenters. The van der Waals surface area contributed by atoms with E-state index < -0.39 is 0 Å². The minimum absolute atomic E-state index is 0.470. The highest BCUT2D eigenvalue weighted by Crippen LogP contribution is 2.31. The van der Waals surface area contributed by atoms with Crippen LogP contribution in [0.5, 0.6) is 0 Å². The van der Waals surface area contributed by atoms with Gasteiger partial charge in [0.15, 0.2) is 0 Å². The van der Waals surface area contributed by atoms with E-state index in [1.165, 1.54) is 71.1 Å². The Morgan fingerprint density at radius 3 is 2.76 bits per heavy atom. The number of hydrogen-bond donors (Lipinski definition) is 1. The Morgan fingerprint density at radius 1 is 1.18 bits per heavy atom. The second-order valence-electron chi connectivity index (χ2n) is 5.74. The lowest BCUT2D eigenvalue weighted by Crippen LogP contribution is -2.49. The third-order valence-corrected chi connectivity index (χ3v) is 4.31. The maximum absolute atomic E-state index is 5.12. The fraction of sp³-hybridized carbons (Fsp3) is 1.00. The first-order chi connectivity index (χ1) is 8.35. The summed E-state index contributed by atoms with van der Waals surface area (Å²) in [5, 5.41) is 3.82. The number of unbranched alkanes of at least 4 members (excludes halogenated alkanes) is 1. The largest absolute Gasteiger partial charge is 0.385 e. The number of ether oxygens (including phenoxy) is 1. The first-order valence-corrected chi connectivity index (χ1v) is 7.31. The number of nitrogens with one attached hydrogen (secondary N) is 1. The maximum atomic E-state index is 5.12. The van der Waals surface area contributed by atoms with E-state index in [9.17, 15) is 0 Å². The summed E-state index contributed by atoms with van der Waals surface area (Å²) in [5.74, 6) is 0. The van der Waals surface area contributed by atoms with E-state index in [0.29, 0.717) is 5.54 Å². The van der Waals surface area contributed by atoms with Gasteiger partial charge in [-0.2, -0.15) is 0 Å². The SMILES string of the molecule is COCCCCN1CCCNC2(CCCC2)C1. The molecule has 2 rings (SSSR count). The molecule has 0 aromatic heterocycles. The molecule has 0 aromatic rings. The average Bonchev–Trinajstić information content (AvgIpc) is 2.68. The van der Waals surface area contributed by atoms with E-state index in [4.69, 9.17) is 4.74 Å². The molecular weight excluding hydrogens is 212 g/mol. The molecule has 0 radical (unpaired) electrons. The Labute approximate surface area is 106 Å². The van der Waals surface area contributed by atoms with Crippen LogP contribution >= 0.6 is 0 Å². The average molecular weight is 240 g/mol. The summed E-state index contributed by atoms with van der Waals surface area (Å²) in [5.41, 5.74) is 0.470. The van der Waals surface area contributed by atoms with Crippen molar-refractivity contribution in [2.24, 2.45) is 0 Å². The molecule has 0 bridgehead atoms. The molecule has 2 aliphatic rings. The van der Waals surface area contributed by atoms with Crippen LogP contribution in [-0.4, -0.2) is 50.3 Å². The summed E-state index contributed by atoms with van der Waals surface area (Å²) in [6.07, 6.45) is 9.42. The molecule has 17 heavy (non-hydrogen) atoms. The molecule has 0 atom stereocenters. The van der Waals surface area contributed by atoms with E-state index in [0.717, 1.165) is 6.61 Å². The molecule has 0 amide bonds. The fourth-order valence-electron chi connectivity index (χ4n) is 3.38. The summed E-state index contributed by atoms with van der Waals surface area (Å²) in [6, 6.07) is 0. The zero-order valence-corrected chi connectivity index (χ0v) is 11.3. The van der Waals surface area contributed by atoms with Gasteiger partial charge in [0, 0.05) is 25.8 Å². The molecular formula is C14H28N2O. The van der Waals surface area contributed by atoms with Crippen molar-refractivity contribution in [1.82, 2.24) is 10.2 Å². The van der Waals surface area contributed by atoms with E-state index in [-0.39, 0.29) is 0 Å². The highest BCUT2D eigenvalue weighted by Gasteiger charge is 2.35. The van der Waals surface area contributed by atoms with Crippen molar-refractivity contribution >= 4 is 0 Å². The monoisotopic (exact) mass is 240 g/mol. The van der Waals surface area contributed by atoms with Gasteiger partial charge in [0.1, 0.15) is 0 Å². The molecule has 2 fully saturated rings. The molecule has 0 aromatic carbocycles. The van der Waals surface area contributed by atoms with Crippen LogP contribution in [0.25, 0.3) is 0 Å². The van der Waals surface area contributed by atoms with Crippen LogP contribution in [0.3, 0.4) is 0 Å². The Kier molecular flexibility index (Phi) is 5.26. The standard InChI is InChI=1S/C14H28N2O/c1-17-12-5-4-10-16-11-6-9-15-14(13-16)7-2-3-8-14/h15H,2-13H2,1H3. The Morgan fingerprint density at radius 2 is 2.00 bits per heavy atom. The van der Waals surface area contributed by atoms with Gasteiger partial charge < -0.3 is 15.0 Å². The van der Waals surface area contributed by atoms with E-state index >= 15 is 0 Å². The van der Waals surface area contributed by atoms with E-state index in [2.05, 4.69) is 10.2 Å². The van der Waals surface area contributed by atoms with Gasteiger partial charge in [-0.3, -0.25) is 0 Å². The van der Waals surface area contributed by atoms with Crippen molar-refractivity contribution in [3.05, 3.63) is 0 Å². The van der Waals surface area contributed by atoms with Crippen molar-refractivity contribution < 1.29 is 4.74 Å². The van der Waals surface area contributed by atoms with E-state index in [1.807, 2.05) is 0 Å². The van der Waals surface area contributed by atoms with Gasteiger partial charge in [0.25, 0.3) is 0 Å². The molecule has 1 saturated carbocycles. The Balaban J connectivity index is 1.76. The topological polar surface area (TPSA) is 24.5 Å². The van der Waals surface area contributed by atoms with Crippen LogP contribution in [0.1, 0.15) is 44.9 Å². The highest BCUT2D eigenvalue weighted by molar-refractivity contribution is 4.96. The van der Waals surface area contributed by atoms with Crippen molar-refractivity contribution in [3.63, 3.8) is 0 Å². The van der Waals surface area contributed by atoms with Crippen molar-refractivity contribution in [1.29, 1.82) is 0 Å². The molecule has 3 nitrogen and oxygen atoms in total. The van der Waals surface area contributed by atoms with Crippen molar-refractivity contribution in [2.75, 3.05) is 39.9 Å². The summed E-state index contributed by atoms with van der Waals surface area (Å²) >= 11 is 0. The Hall–Kier alpha value is -0.120. The number of hydrogen-bond acceptors (Lipinski definition) is 3. The van der Waals surface area contributed by atoms with Crippen LogP contribution in [0.15, 0.2) is 0 Å². The van der Waals surface area contributed by atoms with Gasteiger partial charge in [-0.05, 0) is 51.7 Å². The summed E-state index contributed by atoms with van der Waals surface area (Å²) < 4.78 is 5.12. The second kappa shape index (κ2) is 6.72. The molecule has 100 valence electrons. The molecule has 1 spiro atoms. The van der Waals surface area contributed by atoms with Crippen LogP contribution in [-0.2, 0) is 4.74 Å². The van der Waals surface area contributed by atoms with Crippen LogP contribution in [0.2, 0.25) is 0 Å². The lowest BCUT2D eigenvalue weighted by Gasteiger charge is -2.33. The number of nitrogens with zero attached hydrogens (tertiary/aromatic N) is 1. The maximum Gasteiger partial charge on any atom is 0.0462 e. The third-order valence-electron chi connectivity index (χ3n) is 4.31. The van der Waals surface area contributed by atoms with Gasteiger partial charge in [-0.1, -0.05) is 12.8 Å². The van der Waals surface area contributed by atoms with Gasteiger partial charge in [-0.15, -0.1) is 0 Å². The highest BCUT2D eigenvalue weighted by atomic mass is 16.5. The zero-order chi connectivity index (χ0) is 12.0. The van der Waals surface area contributed by atoms with Gasteiger partial charge >= 0.3 is 0 Å².